The second-order valence-corrected chi connectivity index (χ2v) is 8.97. The average Bonchev–Trinajstić information content (AvgIpc) is 3.10. The van der Waals surface area contributed by atoms with Crippen molar-refractivity contribution in [3.63, 3.8) is 0 Å². The monoisotopic (exact) mass is 483 g/mol. The summed E-state index contributed by atoms with van der Waals surface area (Å²) in [6, 6.07) is 13.4. The molecular weight excluding hydrogens is 454 g/mol. The molecule has 0 atom stereocenters. The minimum absolute atomic E-state index is 0.123. The minimum atomic E-state index is -0.123. The Labute approximate surface area is 192 Å². The fourth-order valence-corrected chi connectivity index (χ4v) is 4.55. The third kappa shape index (κ3) is 5.17. The molecule has 7 heteroatoms. The van der Waals surface area contributed by atoms with E-state index < -0.39 is 0 Å². The number of rotatable bonds is 7. The second kappa shape index (κ2) is 9.94. The number of aromatic nitrogens is 2. The van der Waals surface area contributed by atoms with Gasteiger partial charge in [-0.15, -0.1) is 0 Å². The van der Waals surface area contributed by atoms with E-state index in [1.165, 1.54) is 0 Å². The summed E-state index contributed by atoms with van der Waals surface area (Å²) >= 11 is 3.42. The van der Waals surface area contributed by atoms with Gasteiger partial charge in [-0.3, -0.25) is 9.69 Å². The van der Waals surface area contributed by atoms with Gasteiger partial charge in [0.25, 0.3) is 5.91 Å². The van der Waals surface area contributed by atoms with Crippen LogP contribution in [0.3, 0.4) is 0 Å². The van der Waals surface area contributed by atoms with E-state index in [9.17, 15) is 4.79 Å². The number of hydrogen-bond acceptors (Lipinski definition) is 4. The summed E-state index contributed by atoms with van der Waals surface area (Å²) < 4.78 is 3.22. The van der Waals surface area contributed by atoms with Gasteiger partial charge in [0, 0.05) is 48.4 Å². The van der Waals surface area contributed by atoms with Gasteiger partial charge in [0.2, 0.25) is 0 Å². The van der Waals surface area contributed by atoms with Crippen LogP contribution in [0.2, 0.25) is 0 Å². The fourth-order valence-electron chi connectivity index (χ4n) is 4.15. The lowest BCUT2D eigenvalue weighted by Crippen LogP contribution is -2.45. The molecule has 1 aliphatic rings. The number of aryl methyl sites for hydroxylation is 1. The van der Waals surface area contributed by atoms with Crippen LogP contribution in [-0.4, -0.2) is 58.0 Å². The van der Waals surface area contributed by atoms with E-state index in [2.05, 4.69) is 55.5 Å². The van der Waals surface area contributed by atoms with Gasteiger partial charge in [-0.25, -0.2) is 4.98 Å². The second-order valence-electron chi connectivity index (χ2n) is 8.06. The van der Waals surface area contributed by atoms with Crippen molar-refractivity contribution in [2.24, 2.45) is 0 Å². The molecule has 1 saturated heterocycles. The quantitative estimate of drug-likeness (QED) is 0.533. The first kappa shape index (κ1) is 22.0. The number of fused-ring (bicyclic) bond motifs is 1. The van der Waals surface area contributed by atoms with E-state index in [0.717, 1.165) is 79.3 Å². The zero-order valence-electron chi connectivity index (χ0n) is 18.3. The van der Waals surface area contributed by atoms with Crippen LogP contribution in [0.25, 0.3) is 11.0 Å². The van der Waals surface area contributed by atoms with Crippen LogP contribution in [0.5, 0.6) is 0 Å². The lowest BCUT2D eigenvalue weighted by Gasteiger charge is -2.33. The normalized spacial score (nSPS) is 15.5. The number of amides is 1. The smallest absolute Gasteiger partial charge is 0.255 e. The number of piperazine rings is 1. The number of nitrogens with one attached hydrogen (secondary N) is 1. The van der Waals surface area contributed by atoms with Crippen molar-refractivity contribution < 1.29 is 4.79 Å². The van der Waals surface area contributed by atoms with Crippen molar-refractivity contribution in [3.8, 4) is 0 Å². The van der Waals surface area contributed by atoms with E-state index in [-0.39, 0.29) is 5.91 Å². The number of benzene rings is 2. The zero-order valence-corrected chi connectivity index (χ0v) is 19.9. The molecule has 0 saturated carbocycles. The molecule has 0 spiro atoms. The summed E-state index contributed by atoms with van der Waals surface area (Å²) in [4.78, 5) is 22.6. The van der Waals surface area contributed by atoms with Crippen LogP contribution < -0.4 is 5.32 Å². The molecule has 0 unspecified atom stereocenters. The van der Waals surface area contributed by atoms with Crippen LogP contribution in [-0.2, 0) is 13.1 Å². The molecule has 1 amide bonds. The number of likely N-dealkylation sites (N-methyl/N-ethyl adjacent to an activating group) is 1. The van der Waals surface area contributed by atoms with Crippen LogP contribution in [0.1, 0.15) is 36.5 Å². The zero-order chi connectivity index (χ0) is 21.8. The average molecular weight is 484 g/mol. The lowest BCUT2D eigenvalue weighted by molar-refractivity contribution is 0.102. The maximum Gasteiger partial charge on any atom is 0.255 e. The molecule has 2 aromatic carbocycles. The van der Waals surface area contributed by atoms with Gasteiger partial charge in [0.05, 0.1) is 17.6 Å². The summed E-state index contributed by atoms with van der Waals surface area (Å²) in [5.74, 6) is 0.986. The lowest BCUT2D eigenvalue weighted by atomic mass is 10.2. The molecule has 164 valence electrons. The van der Waals surface area contributed by atoms with Crippen molar-refractivity contribution in [2.45, 2.75) is 33.4 Å². The third-order valence-corrected chi connectivity index (χ3v) is 6.39. The standard InChI is InChI=1S/C24H30BrN5O/c1-3-10-30-22-9-8-20(26-24(31)18-6-5-7-19(25)15-18)16-21(22)27-23(30)17-29-13-11-28(4-2)12-14-29/h5-9,15-16H,3-4,10-14,17H2,1-2H3,(H,26,31). The Morgan fingerprint density at radius 3 is 2.55 bits per heavy atom. The van der Waals surface area contributed by atoms with Crippen molar-refractivity contribution in [1.29, 1.82) is 0 Å². The number of carbonyl (C=O) groups excluding carboxylic acids is 1. The first-order valence-corrected chi connectivity index (χ1v) is 11.9. The van der Waals surface area contributed by atoms with Gasteiger partial charge in [-0.2, -0.15) is 0 Å². The summed E-state index contributed by atoms with van der Waals surface area (Å²) in [7, 11) is 0. The summed E-state index contributed by atoms with van der Waals surface area (Å²) in [6.07, 6.45) is 1.06. The van der Waals surface area contributed by atoms with E-state index in [4.69, 9.17) is 4.98 Å². The SMILES string of the molecule is CCCn1c(CN2CCN(CC)CC2)nc2cc(NC(=O)c3cccc(Br)c3)ccc21. The van der Waals surface area contributed by atoms with Crippen molar-refractivity contribution in [1.82, 2.24) is 19.4 Å². The number of carbonyl (C=O) groups is 1. The Kier molecular flexibility index (Phi) is 7.05. The Bertz CT molecular complexity index is 1060. The van der Waals surface area contributed by atoms with Gasteiger partial charge < -0.3 is 14.8 Å². The largest absolute Gasteiger partial charge is 0.327 e. The van der Waals surface area contributed by atoms with Crippen LogP contribution in [0, 0.1) is 0 Å². The minimum Gasteiger partial charge on any atom is -0.327 e. The van der Waals surface area contributed by atoms with Crippen molar-refractivity contribution >= 4 is 38.6 Å². The van der Waals surface area contributed by atoms with Gasteiger partial charge in [-0.1, -0.05) is 35.8 Å². The molecule has 0 radical (unpaired) electrons. The summed E-state index contributed by atoms with van der Waals surface area (Å²) in [5.41, 5.74) is 3.45. The highest BCUT2D eigenvalue weighted by Gasteiger charge is 2.19. The van der Waals surface area contributed by atoms with E-state index in [1.807, 2.05) is 36.4 Å². The van der Waals surface area contributed by atoms with Crippen LogP contribution in [0.4, 0.5) is 5.69 Å². The molecule has 1 fully saturated rings. The molecular formula is C24H30BrN5O. The predicted molar refractivity (Wildman–Crippen MR) is 130 cm³/mol. The highest BCUT2D eigenvalue weighted by atomic mass is 79.9. The van der Waals surface area contributed by atoms with Gasteiger partial charge in [-0.05, 0) is 49.4 Å². The Hall–Kier alpha value is -2.22. The van der Waals surface area contributed by atoms with Crippen molar-refractivity contribution in [2.75, 3.05) is 38.0 Å². The number of halogens is 1. The topological polar surface area (TPSA) is 53.4 Å². The third-order valence-electron chi connectivity index (χ3n) is 5.90. The van der Waals surface area contributed by atoms with Crippen molar-refractivity contribution in [3.05, 3.63) is 58.3 Å². The molecule has 0 bridgehead atoms. The van der Waals surface area contributed by atoms with Gasteiger partial charge >= 0.3 is 0 Å². The molecule has 1 aromatic heterocycles. The van der Waals surface area contributed by atoms with Crippen LogP contribution >= 0.6 is 15.9 Å². The molecule has 6 nitrogen and oxygen atoms in total. The number of imidazole rings is 1. The molecule has 2 heterocycles. The Morgan fingerprint density at radius 1 is 1.06 bits per heavy atom. The molecule has 1 aliphatic heterocycles. The van der Waals surface area contributed by atoms with Crippen LogP contribution in [0.15, 0.2) is 46.9 Å². The number of hydrogen-bond donors (Lipinski definition) is 1. The predicted octanol–water partition coefficient (Wildman–Crippen LogP) is 4.60. The Morgan fingerprint density at radius 2 is 1.84 bits per heavy atom. The van der Waals surface area contributed by atoms with Gasteiger partial charge in [0.15, 0.2) is 0 Å². The molecule has 1 N–H and O–H groups in total. The first-order chi connectivity index (χ1) is 15.1. The summed E-state index contributed by atoms with van der Waals surface area (Å²) in [6.45, 7) is 11.8. The van der Waals surface area contributed by atoms with E-state index >= 15 is 0 Å². The maximum atomic E-state index is 12.6. The summed E-state index contributed by atoms with van der Waals surface area (Å²) in [5, 5.41) is 3.01. The first-order valence-electron chi connectivity index (χ1n) is 11.1. The highest BCUT2D eigenvalue weighted by molar-refractivity contribution is 9.10. The fraction of sp³-hybridized carbons (Fsp3) is 0.417. The molecule has 3 aromatic rings. The maximum absolute atomic E-state index is 12.6. The Balaban J connectivity index is 1.54. The van der Waals surface area contributed by atoms with E-state index in [0.29, 0.717) is 5.56 Å². The number of anilines is 1. The molecule has 4 rings (SSSR count). The molecule has 31 heavy (non-hydrogen) atoms. The molecule has 0 aliphatic carbocycles. The van der Waals surface area contributed by atoms with Gasteiger partial charge in [0.1, 0.15) is 5.82 Å². The highest BCUT2D eigenvalue weighted by Crippen LogP contribution is 2.23. The van der Waals surface area contributed by atoms with E-state index in [1.54, 1.807) is 0 Å². The number of nitrogens with zero attached hydrogens (tertiary/aromatic N) is 4.